The molecule has 18 aromatic rings. The Morgan fingerprint density at radius 2 is 0.713 bits per heavy atom. The molecule has 0 unspecified atom stereocenters. The minimum Gasteiger partial charge on any atom is -0.379 e. The molecule has 7 N–H and O–H groups in total. The molecule has 3 saturated heterocycles. The Kier molecular flexibility index (Phi) is 19.6. The molecule has 0 saturated carbocycles. The summed E-state index contributed by atoms with van der Waals surface area (Å²) in [6.07, 6.45) is 26.4. The molecular formula is C85H73F3N26O. The average molecular weight is 1530 g/mol. The van der Waals surface area contributed by atoms with E-state index in [-0.39, 0.29) is 17.5 Å². The minimum atomic E-state index is -0.285. The van der Waals surface area contributed by atoms with Gasteiger partial charge in [0, 0.05) is 210 Å². The molecule has 0 aliphatic carbocycles. The van der Waals surface area contributed by atoms with Crippen LogP contribution in [0.15, 0.2) is 202 Å². The number of piperazine rings is 2. The Morgan fingerprint density at radius 1 is 0.357 bits per heavy atom. The zero-order valence-electron chi connectivity index (χ0n) is 62.2. The first-order chi connectivity index (χ1) is 56.5. The summed E-state index contributed by atoms with van der Waals surface area (Å²) in [6.45, 7) is 12.9. The number of pyridine rings is 9. The predicted molar refractivity (Wildman–Crippen MR) is 433 cm³/mol. The van der Waals surface area contributed by atoms with Crippen molar-refractivity contribution in [2.45, 2.75) is 19.6 Å². The van der Waals surface area contributed by atoms with Crippen LogP contribution in [0.5, 0.6) is 0 Å². The SMILES string of the molecule is CN1CCN(Cc2cc(F)cc(-c3cncc4[nH]c(-c5[nH]nc6ncc(-c7cccnc7)cc56)nc34)c2)CC1.Fc1cc(CN2CCNCC2)cc(-c2cncc3[nH]c(-c4[nH]nc5ncc(-c6cccnc6)cc45)nc23)c1.Fc1cc(CN2CCOCC2)cc(-c2cncc3[nH]c(-c4[nH]nc5ncc(-c6cccnc6)cc45)nc23)c1. The van der Waals surface area contributed by atoms with Gasteiger partial charge in [0.1, 0.15) is 34.5 Å². The van der Waals surface area contributed by atoms with Crippen LogP contribution in [0, 0.1) is 17.5 Å². The van der Waals surface area contributed by atoms with E-state index in [1.165, 1.54) is 6.07 Å². The number of nitrogens with zero attached hydrogens (tertiary/aromatic N) is 19. The number of aromatic amines is 6. The average Bonchev–Trinajstić information content (AvgIpc) is 1.68. The molecule has 0 spiro atoms. The number of hydrogen-bond donors (Lipinski definition) is 7. The van der Waals surface area contributed by atoms with E-state index in [2.05, 4.69) is 122 Å². The molecule has 3 fully saturated rings. The van der Waals surface area contributed by atoms with Gasteiger partial charge < -0.3 is 29.9 Å². The molecule has 0 amide bonds. The molecule has 18 heterocycles. The minimum absolute atomic E-state index is 0.266. The Labute approximate surface area is 654 Å². The second-order valence-corrected chi connectivity index (χ2v) is 28.9. The Hall–Kier alpha value is -13.6. The molecule has 0 atom stereocenters. The summed E-state index contributed by atoms with van der Waals surface area (Å²) in [6, 6.07) is 33.3. The lowest BCUT2D eigenvalue weighted by molar-refractivity contribution is 0.0341. The number of ether oxygens (including phenoxy) is 1. The summed E-state index contributed by atoms with van der Waals surface area (Å²) in [5.74, 6) is 1.01. The van der Waals surface area contributed by atoms with Gasteiger partial charge in [-0.3, -0.25) is 59.9 Å². The van der Waals surface area contributed by atoms with Crippen LogP contribution in [0.3, 0.4) is 0 Å². The first-order valence-electron chi connectivity index (χ1n) is 37.8. The largest absolute Gasteiger partial charge is 0.379 e. The van der Waals surface area contributed by atoms with Gasteiger partial charge >= 0.3 is 0 Å². The molecule has 0 radical (unpaired) electrons. The zero-order chi connectivity index (χ0) is 77.3. The zero-order valence-corrected chi connectivity index (χ0v) is 62.2. The highest BCUT2D eigenvalue weighted by Crippen LogP contribution is 2.38. The van der Waals surface area contributed by atoms with Crippen LogP contribution >= 0.6 is 0 Å². The third kappa shape index (κ3) is 15.3. The molecule has 27 nitrogen and oxygen atoms in total. The predicted octanol–water partition coefficient (Wildman–Crippen LogP) is 13.3. The van der Waals surface area contributed by atoms with Gasteiger partial charge in [0.15, 0.2) is 34.4 Å². The number of benzene rings is 3. The normalized spacial score (nSPS) is 14.6. The van der Waals surface area contributed by atoms with Crippen molar-refractivity contribution in [2.24, 2.45) is 0 Å². The molecule has 115 heavy (non-hydrogen) atoms. The topological polar surface area (TPSA) is 322 Å². The Morgan fingerprint density at radius 3 is 1.07 bits per heavy atom. The fraction of sp³-hybridized carbons (Fsp3) is 0.188. The van der Waals surface area contributed by atoms with E-state index in [0.717, 1.165) is 199 Å². The number of hydrogen-bond acceptors (Lipinski definition) is 21. The van der Waals surface area contributed by atoms with Gasteiger partial charge in [0.2, 0.25) is 0 Å². The maximum absolute atomic E-state index is 14.8. The van der Waals surface area contributed by atoms with E-state index >= 15 is 0 Å². The lowest BCUT2D eigenvalue weighted by Crippen LogP contribution is -2.43. The maximum atomic E-state index is 14.8. The van der Waals surface area contributed by atoms with E-state index in [1.54, 1.807) is 123 Å². The lowest BCUT2D eigenvalue weighted by Gasteiger charge is -2.32. The summed E-state index contributed by atoms with van der Waals surface area (Å²) >= 11 is 0. The van der Waals surface area contributed by atoms with E-state index in [0.29, 0.717) is 84.0 Å². The second kappa shape index (κ2) is 31.5. The van der Waals surface area contributed by atoms with Gasteiger partial charge in [0.25, 0.3) is 0 Å². The molecule has 21 rings (SSSR count). The number of likely N-dealkylation sites (N-methyl/N-ethyl adjacent to an activating group) is 1. The van der Waals surface area contributed by atoms with Crippen LogP contribution in [0.2, 0.25) is 0 Å². The third-order valence-corrected chi connectivity index (χ3v) is 21.0. The van der Waals surface area contributed by atoms with Crippen molar-refractivity contribution >= 4 is 66.2 Å². The van der Waals surface area contributed by atoms with Crippen LogP contribution in [0.4, 0.5) is 13.2 Å². The van der Waals surface area contributed by atoms with Gasteiger partial charge in [0.05, 0.1) is 81.1 Å². The fourth-order valence-electron chi connectivity index (χ4n) is 15.2. The molecule has 15 aromatic heterocycles. The van der Waals surface area contributed by atoms with Gasteiger partial charge in [-0.1, -0.05) is 18.2 Å². The summed E-state index contributed by atoms with van der Waals surface area (Å²) in [7, 11) is 2.13. The van der Waals surface area contributed by atoms with Crippen molar-refractivity contribution in [3.05, 3.63) is 236 Å². The van der Waals surface area contributed by atoms with Crippen LogP contribution in [-0.4, -0.2) is 211 Å². The summed E-state index contributed by atoms with van der Waals surface area (Å²) in [5, 5.41) is 28.2. The van der Waals surface area contributed by atoms with E-state index in [1.807, 2.05) is 72.8 Å². The smallest absolute Gasteiger partial charge is 0.181 e. The molecule has 3 aromatic carbocycles. The standard InChI is InChI=1S/C29H26FN9.C28H24FN9.C28H23FN8O/c1-38-5-7-39(8-6-38)17-18-9-20(11-22(30)10-18)24-15-32-16-25-26(24)35-29(34-25)27-23-12-21(14-33-28(23)37-36-27)19-3-2-4-31-13-19;29-21-9-17(16-38-6-4-30-5-7-38)8-19(10-21)23-14-32-15-24-25(23)35-28(34-24)26-22-11-20(13-33-27(22)37-36-26)18-2-1-3-31-12-18;29-21-9-17(16-37-4-6-38-7-5-37)8-19(10-21)23-14-31-15-24-25(23)34-28(33-24)26-22-11-20(13-32-27(22)36-35-26)18-2-1-3-30-12-18/h2-4,9-16H,5-8,17H2,1H3,(H,34,35)(H,33,36,37);1-3,8-15,30H,4-7,16H2,(H,34,35)(H,33,36,37);1-3,8-15H,4-7,16H2,(H,33,34)(H,32,35,36). The lowest BCUT2D eigenvalue weighted by atomic mass is 10.0. The number of rotatable bonds is 15. The van der Waals surface area contributed by atoms with Crippen LogP contribution in [-0.2, 0) is 24.4 Å². The van der Waals surface area contributed by atoms with Crippen LogP contribution < -0.4 is 5.32 Å². The van der Waals surface area contributed by atoms with Crippen molar-refractivity contribution in [3.8, 4) is 101 Å². The molecule has 0 bridgehead atoms. The van der Waals surface area contributed by atoms with Gasteiger partial charge in [-0.25, -0.2) is 43.1 Å². The number of aromatic nitrogens is 21. The second-order valence-electron chi connectivity index (χ2n) is 28.9. The van der Waals surface area contributed by atoms with Gasteiger partial charge in [-0.05, 0) is 131 Å². The number of imidazole rings is 3. The van der Waals surface area contributed by atoms with E-state index in [4.69, 9.17) is 19.7 Å². The first kappa shape index (κ1) is 71.7. The molecular weight excluding hydrogens is 1460 g/mol. The fourth-order valence-corrected chi connectivity index (χ4v) is 15.2. The van der Waals surface area contributed by atoms with Crippen molar-refractivity contribution < 1.29 is 17.9 Å². The summed E-state index contributed by atoms with van der Waals surface area (Å²) in [5.41, 5.74) is 21.3. The number of halogens is 3. The van der Waals surface area contributed by atoms with Crippen molar-refractivity contribution in [1.82, 2.24) is 130 Å². The first-order valence-corrected chi connectivity index (χ1v) is 37.8. The number of fused-ring (bicyclic) bond motifs is 6. The van der Waals surface area contributed by atoms with Crippen LogP contribution in [0.1, 0.15) is 16.7 Å². The van der Waals surface area contributed by atoms with Crippen molar-refractivity contribution in [1.29, 1.82) is 0 Å². The van der Waals surface area contributed by atoms with E-state index in [9.17, 15) is 13.2 Å². The van der Waals surface area contributed by atoms with Crippen molar-refractivity contribution in [3.63, 3.8) is 0 Å². The Balaban J connectivity index is 0.000000115. The highest BCUT2D eigenvalue weighted by molar-refractivity contribution is 6.00. The molecule has 570 valence electrons. The third-order valence-electron chi connectivity index (χ3n) is 21.0. The number of H-pyrrole nitrogens is 6. The van der Waals surface area contributed by atoms with Crippen LogP contribution in [0.25, 0.3) is 168 Å². The highest BCUT2D eigenvalue weighted by Gasteiger charge is 2.24. The van der Waals surface area contributed by atoms with E-state index < -0.39 is 0 Å². The monoisotopic (exact) mass is 1530 g/mol. The Bertz CT molecular complexity index is 6280. The molecule has 3 aliphatic rings. The summed E-state index contributed by atoms with van der Waals surface area (Å²) in [4.78, 5) is 73.5. The number of nitrogens with one attached hydrogen (secondary N) is 7. The molecule has 30 heteroatoms. The van der Waals surface area contributed by atoms with Gasteiger partial charge in [-0.15, -0.1) is 0 Å². The molecule has 3 aliphatic heterocycles. The number of morpholine rings is 1. The highest BCUT2D eigenvalue weighted by atomic mass is 19.1. The summed E-state index contributed by atoms with van der Waals surface area (Å²) < 4.78 is 49.7. The van der Waals surface area contributed by atoms with Crippen molar-refractivity contribution in [2.75, 3.05) is 85.7 Å². The quantitative estimate of drug-likeness (QED) is 0.0501. The maximum Gasteiger partial charge on any atom is 0.181 e. The van der Waals surface area contributed by atoms with Gasteiger partial charge in [-0.2, -0.15) is 15.3 Å².